The highest BCUT2D eigenvalue weighted by molar-refractivity contribution is 7.89. The Bertz CT molecular complexity index is 575. The normalized spacial score (nSPS) is 23.8. The SMILES string of the molecule is Cc1cc(S(=O)(=O)NC2CCOC(C)C2)cc(N)c1C. The van der Waals surface area contributed by atoms with Crippen LogP contribution < -0.4 is 10.5 Å². The van der Waals surface area contributed by atoms with Crippen LogP contribution in [-0.4, -0.2) is 27.2 Å². The molecule has 2 rings (SSSR count). The van der Waals surface area contributed by atoms with Gasteiger partial charge in [-0.05, 0) is 56.9 Å². The first kappa shape index (κ1) is 15.3. The van der Waals surface area contributed by atoms with Crippen molar-refractivity contribution >= 4 is 15.7 Å². The molecule has 1 aliphatic rings. The average molecular weight is 298 g/mol. The lowest BCUT2D eigenvalue weighted by Gasteiger charge is -2.27. The fraction of sp³-hybridized carbons (Fsp3) is 0.571. The van der Waals surface area contributed by atoms with Crippen LogP contribution in [0.3, 0.4) is 0 Å². The molecule has 0 radical (unpaired) electrons. The minimum absolute atomic E-state index is 0.0772. The van der Waals surface area contributed by atoms with E-state index in [0.29, 0.717) is 25.1 Å². The van der Waals surface area contributed by atoms with Gasteiger partial charge in [0.05, 0.1) is 11.0 Å². The van der Waals surface area contributed by atoms with Crippen molar-refractivity contribution in [1.82, 2.24) is 4.72 Å². The molecule has 2 unspecified atom stereocenters. The number of sulfonamides is 1. The van der Waals surface area contributed by atoms with E-state index < -0.39 is 10.0 Å². The lowest BCUT2D eigenvalue weighted by Crippen LogP contribution is -2.41. The molecule has 0 spiro atoms. The molecule has 1 aromatic carbocycles. The summed E-state index contributed by atoms with van der Waals surface area (Å²) in [6, 6.07) is 3.11. The van der Waals surface area contributed by atoms with Crippen molar-refractivity contribution in [3.05, 3.63) is 23.3 Å². The molecule has 1 aromatic rings. The van der Waals surface area contributed by atoms with Crippen LogP contribution in [0.2, 0.25) is 0 Å². The van der Waals surface area contributed by atoms with Gasteiger partial charge in [0.2, 0.25) is 10.0 Å². The van der Waals surface area contributed by atoms with Crippen LogP contribution in [0.15, 0.2) is 17.0 Å². The number of benzene rings is 1. The molecule has 112 valence electrons. The minimum atomic E-state index is -3.53. The van der Waals surface area contributed by atoms with Gasteiger partial charge < -0.3 is 10.5 Å². The van der Waals surface area contributed by atoms with E-state index in [4.69, 9.17) is 10.5 Å². The highest BCUT2D eigenvalue weighted by Gasteiger charge is 2.25. The quantitative estimate of drug-likeness (QED) is 0.833. The summed E-state index contributed by atoms with van der Waals surface area (Å²) in [4.78, 5) is 0.234. The Balaban J connectivity index is 2.22. The van der Waals surface area contributed by atoms with Gasteiger partial charge in [0, 0.05) is 18.3 Å². The maximum Gasteiger partial charge on any atom is 0.240 e. The largest absolute Gasteiger partial charge is 0.398 e. The molecule has 0 aromatic heterocycles. The maximum absolute atomic E-state index is 12.4. The Morgan fingerprint density at radius 1 is 1.35 bits per heavy atom. The van der Waals surface area contributed by atoms with Crippen molar-refractivity contribution in [3.63, 3.8) is 0 Å². The van der Waals surface area contributed by atoms with Gasteiger partial charge in [-0.2, -0.15) is 0 Å². The zero-order valence-electron chi connectivity index (χ0n) is 12.1. The van der Waals surface area contributed by atoms with Gasteiger partial charge in [-0.25, -0.2) is 13.1 Å². The first-order chi connectivity index (χ1) is 9.29. The predicted octanol–water partition coefficient (Wildman–Crippen LogP) is 1.73. The van der Waals surface area contributed by atoms with Gasteiger partial charge in [-0.15, -0.1) is 0 Å². The zero-order chi connectivity index (χ0) is 14.9. The third kappa shape index (κ3) is 3.31. The molecule has 0 aliphatic carbocycles. The number of hydrogen-bond donors (Lipinski definition) is 2. The molecule has 0 saturated carbocycles. The van der Waals surface area contributed by atoms with E-state index >= 15 is 0 Å². The van der Waals surface area contributed by atoms with Crippen LogP contribution >= 0.6 is 0 Å². The average Bonchev–Trinajstić information content (AvgIpc) is 2.34. The molecule has 0 bridgehead atoms. The van der Waals surface area contributed by atoms with Crippen molar-refractivity contribution in [2.75, 3.05) is 12.3 Å². The molecule has 3 N–H and O–H groups in total. The van der Waals surface area contributed by atoms with Crippen molar-refractivity contribution in [2.45, 2.75) is 50.7 Å². The van der Waals surface area contributed by atoms with E-state index in [1.54, 1.807) is 6.07 Å². The molecule has 6 heteroatoms. The Kier molecular flexibility index (Phi) is 4.36. The van der Waals surface area contributed by atoms with Crippen molar-refractivity contribution in [2.24, 2.45) is 0 Å². The van der Waals surface area contributed by atoms with Gasteiger partial charge in [0.1, 0.15) is 0 Å². The van der Waals surface area contributed by atoms with E-state index in [2.05, 4.69) is 4.72 Å². The zero-order valence-corrected chi connectivity index (χ0v) is 13.0. The second kappa shape index (κ2) is 5.71. The van der Waals surface area contributed by atoms with Gasteiger partial charge >= 0.3 is 0 Å². The summed E-state index contributed by atoms with van der Waals surface area (Å²) in [5.41, 5.74) is 8.17. The first-order valence-electron chi connectivity index (χ1n) is 6.80. The number of nitrogens with two attached hydrogens (primary N) is 1. The summed E-state index contributed by atoms with van der Waals surface area (Å²) < 4.78 is 33.0. The Labute approximate surface area is 120 Å². The van der Waals surface area contributed by atoms with Crippen molar-refractivity contribution in [3.8, 4) is 0 Å². The molecule has 5 nitrogen and oxygen atoms in total. The van der Waals surface area contributed by atoms with E-state index in [1.165, 1.54) is 6.07 Å². The first-order valence-corrected chi connectivity index (χ1v) is 8.28. The summed E-state index contributed by atoms with van der Waals surface area (Å²) >= 11 is 0. The molecule has 1 aliphatic heterocycles. The standard InChI is InChI=1S/C14H22N2O3S/c1-9-6-13(8-14(15)11(9)3)20(17,18)16-12-4-5-19-10(2)7-12/h6,8,10,12,16H,4-5,7,15H2,1-3H3. The van der Waals surface area contributed by atoms with Crippen LogP contribution in [0.25, 0.3) is 0 Å². The summed E-state index contributed by atoms with van der Waals surface area (Å²) in [5.74, 6) is 0. The Morgan fingerprint density at radius 2 is 2.05 bits per heavy atom. The summed E-state index contributed by atoms with van der Waals surface area (Å²) in [6.45, 7) is 6.29. The molecular formula is C14H22N2O3S. The molecule has 20 heavy (non-hydrogen) atoms. The van der Waals surface area contributed by atoms with Crippen molar-refractivity contribution in [1.29, 1.82) is 0 Å². The van der Waals surface area contributed by atoms with Crippen LogP contribution in [0.4, 0.5) is 5.69 Å². The molecule has 0 amide bonds. The highest BCUT2D eigenvalue weighted by atomic mass is 32.2. The number of nitrogens with one attached hydrogen (secondary N) is 1. The van der Waals surface area contributed by atoms with Gasteiger partial charge in [0.25, 0.3) is 0 Å². The fourth-order valence-corrected chi connectivity index (χ4v) is 3.80. The van der Waals surface area contributed by atoms with E-state index in [9.17, 15) is 8.42 Å². The maximum atomic E-state index is 12.4. The van der Waals surface area contributed by atoms with Crippen LogP contribution in [0.5, 0.6) is 0 Å². The molecule has 1 saturated heterocycles. The third-order valence-electron chi connectivity index (χ3n) is 3.80. The number of nitrogen functional groups attached to an aromatic ring is 1. The molecule has 1 fully saturated rings. The third-order valence-corrected chi connectivity index (χ3v) is 5.30. The Morgan fingerprint density at radius 3 is 2.65 bits per heavy atom. The minimum Gasteiger partial charge on any atom is -0.398 e. The van der Waals surface area contributed by atoms with Gasteiger partial charge in [-0.1, -0.05) is 0 Å². The van der Waals surface area contributed by atoms with Gasteiger partial charge in [-0.3, -0.25) is 0 Å². The van der Waals surface area contributed by atoms with Crippen molar-refractivity contribution < 1.29 is 13.2 Å². The van der Waals surface area contributed by atoms with E-state index in [-0.39, 0.29) is 17.0 Å². The summed E-state index contributed by atoms with van der Waals surface area (Å²) in [5, 5.41) is 0. The molecule has 2 atom stereocenters. The molecule has 1 heterocycles. The van der Waals surface area contributed by atoms with E-state index in [0.717, 1.165) is 11.1 Å². The van der Waals surface area contributed by atoms with Crippen LogP contribution in [-0.2, 0) is 14.8 Å². The second-order valence-electron chi connectivity index (χ2n) is 5.48. The number of hydrogen-bond acceptors (Lipinski definition) is 4. The van der Waals surface area contributed by atoms with Gasteiger partial charge in [0.15, 0.2) is 0 Å². The lowest BCUT2D eigenvalue weighted by atomic mass is 10.1. The smallest absolute Gasteiger partial charge is 0.240 e. The lowest BCUT2D eigenvalue weighted by molar-refractivity contribution is 0.0173. The molecular weight excluding hydrogens is 276 g/mol. The summed E-state index contributed by atoms with van der Waals surface area (Å²) in [7, 11) is -3.53. The second-order valence-corrected chi connectivity index (χ2v) is 7.19. The summed E-state index contributed by atoms with van der Waals surface area (Å²) in [6.07, 6.45) is 1.48. The topological polar surface area (TPSA) is 81.4 Å². The monoisotopic (exact) mass is 298 g/mol. The number of rotatable bonds is 3. The predicted molar refractivity (Wildman–Crippen MR) is 79.1 cm³/mol. The number of anilines is 1. The highest BCUT2D eigenvalue weighted by Crippen LogP contribution is 2.23. The van der Waals surface area contributed by atoms with Crippen LogP contribution in [0, 0.1) is 13.8 Å². The van der Waals surface area contributed by atoms with E-state index in [1.807, 2.05) is 20.8 Å². The fourth-order valence-electron chi connectivity index (χ4n) is 2.40. The Hall–Kier alpha value is -1.11. The number of aryl methyl sites for hydroxylation is 1. The number of ether oxygens (including phenoxy) is 1. The van der Waals surface area contributed by atoms with Crippen LogP contribution in [0.1, 0.15) is 30.9 Å².